The van der Waals surface area contributed by atoms with Gasteiger partial charge in [-0.1, -0.05) is 103 Å². The Kier molecular flexibility index (Phi) is 4.93. The first-order chi connectivity index (χ1) is 20.8. The van der Waals surface area contributed by atoms with Crippen molar-refractivity contribution in [1.29, 1.82) is 0 Å². The minimum Gasteiger partial charge on any atom is -0.309 e. The molecule has 0 saturated carbocycles. The summed E-state index contributed by atoms with van der Waals surface area (Å²) in [4.78, 5) is 0. The maximum absolute atomic E-state index is 2.41. The summed E-state index contributed by atoms with van der Waals surface area (Å²) in [6.45, 7) is 0. The second-order valence-electron chi connectivity index (χ2n) is 11.0. The van der Waals surface area contributed by atoms with Crippen LogP contribution in [0.15, 0.2) is 158 Å². The molecule has 9 rings (SSSR count). The van der Waals surface area contributed by atoms with Gasteiger partial charge in [-0.15, -0.1) is 0 Å². The van der Waals surface area contributed by atoms with E-state index < -0.39 is 0 Å². The SMILES string of the molecule is c1ccc(-n2c3ccccc3c3c(-c4ccc5c(c4)c4ccccc4n5-c4ccc5ccccc5c4)cccc32)cc1. The van der Waals surface area contributed by atoms with E-state index in [4.69, 9.17) is 0 Å². The van der Waals surface area contributed by atoms with Crippen molar-refractivity contribution in [1.82, 2.24) is 9.13 Å². The van der Waals surface area contributed by atoms with Gasteiger partial charge in [0, 0.05) is 32.9 Å². The van der Waals surface area contributed by atoms with Crippen molar-refractivity contribution >= 4 is 54.4 Å². The number of benzene rings is 7. The quantitative estimate of drug-likeness (QED) is 0.213. The average Bonchev–Trinajstić information content (AvgIpc) is 3.58. The molecule has 7 aromatic carbocycles. The fourth-order valence-corrected chi connectivity index (χ4v) is 6.85. The molecule has 0 aliphatic carbocycles. The fraction of sp³-hybridized carbons (Fsp3) is 0. The molecule has 0 amide bonds. The Balaban J connectivity index is 1.32. The van der Waals surface area contributed by atoms with Gasteiger partial charge in [-0.25, -0.2) is 0 Å². The van der Waals surface area contributed by atoms with Gasteiger partial charge < -0.3 is 9.13 Å². The normalized spacial score (nSPS) is 11.8. The summed E-state index contributed by atoms with van der Waals surface area (Å²) in [6.07, 6.45) is 0. The molecular weight excluding hydrogens is 508 g/mol. The van der Waals surface area contributed by atoms with Crippen molar-refractivity contribution in [3.8, 4) is 22.5 Å². The summed E-state index contributed by atoms with van der Waals surface area (Å²) in [5.74, 6) is 0. The highest BCUT2D eigenvalue weighted by Crippen LogP contribution is 2.41. The van der Waals surface area contributed by atoms with E-state index in [1.165, 1.54) is 76.9 Å². The Morgan fingerprint density at radius 2 is 0.976 bits per heavy atom. The van der Waals surface area contributed by atoms with E-state index in [1.54, 1.807) is 0 Å². The van der Waals surface area contributed by atoms with Crippen molar-refractivity contribution in [3.63, 3.8) is 0 Å². The summed E-state index contributed by atoms with van der Waals surface area (Å²) in [6, 6.07) is 57.2. The Morgan fingerprint density at radius 1 is 0.333 bits per heavy atom. The van der Waals surface area contributed by atoms with Crippen molar-refractivity contribution in [3.05, 3.63) is 158 Å². The lowest BCUT2D eigenvalue weighted by molar-refractivity contribution is 1.18. The van der Waals surface area contributed by atoms with Crippen LogP contribution in [0.2, 0.25) is 0 Å². The molecule has 2 nitrogen and oxygen atoms in total. The van der Waals surface area contributed by atoms with E-state index in [1.807, 2.05) is 0 Å². The number of para-hydroxylation sites is 3. The van der Waals surface area contributed by atoms with E-state index >= 15 is 0 Å². The van der Waals surface area contributed by atoms with Crippen LogP contribution in [0.1, 0.15) is 0 Å². The molecule has 0 aliphatic heterocycles. The second-order valence-corrected chi connectivity index (χ2v) is 11.0. The van der Waals surface area contributed by atoms with Crippen molar-refractivity contribution in [2.75, 3.05) is 0 Å². The number of aromatic nitrogens is 2. The first-order valence-electron chi connectivity index (χ1n) is 14.5. The summed E-state index contributed by atoms with van der Waals surface area (Å²) < 4.78 is 4.79. The lowest BCUT2D eigenvalue weighted by atomic mass is 9.98. The predicted octanol–water partition coefficient (Wildman–Crippen LogP) is 10.7. The molecule has 2 aromatic heterocycles. The van der Waals surface area contributed by atoms with E-state index in [2.05, 4.69) is 167 Å². The number of hydrogen-bond acceptors (Lipinski definition) is 0. The Bertz CT molecular complexity index is 2460. The van der Waals surface area contributed by atoms with Crippen LogP contribution in [-0.4, -0.2) is 9.13 Å². The zero-order valence-electron chi connectivity index (χ0n) is 22.9. The Hall–Kier alpha value is -5.60. The smallest absolute Gasteiger partial charge is 0.0547 e. The van der Waals surface area contributed by atoms with E-state index in [0.29, 0.717) is 0 Å². The van der Waals surface area contributed by atoms with Gasteiger partial charge in [-0.05, 0) is 76.5 Å². The average molecular weight is 535 g/mol. The van der Waals surface area contributed by atoms with Gasteiger partial charge in [-0.3, -0.25) is 0 Å². The van der Waals surface area contributed by atoms with Crippen molar-refractivity contribution in [2.45, 2.75) is 0 Å². The van der Waals surface area contributed by atoms with Crippen LogP contribution in [0.4, 0.5) is 0 Å². The van der Waals surface area contributed by atoms with Gasteiger partial charge >= 0.3 is 0 Å². The highest BCUT2D eigenvalue weighted by molar-refractivity contribution is 6.17. The zero-order chi connectivity index (χ0) is 27.6. The third kappa shape index (κ3) is 3.33. The maximum atomic E-state index is 2.41. The Morgan fingerprint density at radius 3 is 1.83 bits per heavy atom. The minimum atomic E-state index is 1.18. The monoisotopic (exact) mass is 534 g/mol. The lowest BCUT2D eigenvalue weighted by Crippen LogP contribution is -1.94. The molecule has 0 unspecified atom stereocenters. The first kappa shape index (κ1) is 23.1. The third-order valence-electron chi connectivity index (χ3n) is 8.69. The van der Waals surface area contributed by atoms with Gasteiger partial charge in [0.2, 0.25) is 0 Å². The van der Waals surface area contributed by atoms with E-state index in [0.717, 1.165) is 0 Å². The molecule has 2 heteroatoms. The molecule has 0 fully saturated rings. The van der Waals surface area contributed by atoms with Crippen LogP contribution in [0.3, 0.4) is 0 Å². The van der Waals surface area contributed by atoms with E-state index in [9.17, 15) is 0 Å². The van der Waals surface area contributed by atoms with Crippen LogP contribution in [0, 0.1) is 0 Å². The molecule has 42 heavy (non-hydrogen) atoms. The van der Waals surface area contributed by atoms with Gasteiger partial charge in [0.15, 0.2) is 0 Å². The summed E-state index contributed by atoms with van der Waals surface area (Å²) in [7, 11) is 0. The van der Waals surface area contributed by atoms with Gasteiger partial charge in [0.05, 0.1) is 22.1 Å². The van der Waals surface area contributed by atoms with Crippen LogP contribution in [0.25, 0.3) is 76.9 Å². The van der Waals surface area contributed by atoms with Gasteiger partial charge in [0.1, 0.15) is 0 Å². The number of nitrogens with zero attached hydrogens (tertiary/aromatic N) is 2. The first-order valence-corrected chi connectivity index (χ1v) is 14.5. The van der Waals surface area contributed by atoms with Crippen molar-refractivity contribution < 1.29 is 0 Å². The topological polar surface area (TPSA) is 9.86 Å². The van der Waals surface area contributed by atoms with Crippen LogP contribution in [-0.2, 0) is 0 Å². The van der Waals surface area contributed by atoms with Crippen LogP contribution >= 0.6 is 0 Å². The summed E-state index contributed by atoms with van der Waals surface area (Å²) in [5.41, 5.74) is 9.72. The van der Waals surface area contributed by atoms with Gasteiger partial charge in [0.25, 0.3) is 0 Å². The Labute approximate surface area is 243 Å². The summed E-state index contributed by atoms with van der Waals surface area (Å²) in [5, 5.41) is 7.59. The molecule has 0 spiro atoms. The molecule has 0 atom stereocenters. The highest BCUT2D eigenvalue weighted by atomic mass is 15.0. The molecule has 0 bridgehead atoms. The molecular formula is C40H26N2. The molecule has 196 valence electrons. The van der Waals surface area contributed by atoms with Crippen LogP contribution < -0.4 is 0 Å². The molecule has 0 aliphatic rings. The molecule has 9 aromatic rings. The number of fused-ring (bicyclic) bond motifs is 7. The standard InChI is InChI=1S/C40H26N2/c1-2-13-30(14-3-1)41-37-19-9-7-16-34(37)40-32(17-10-20-39(40)41)29-22-24-38-35(26-29)33-15-6-8-18-36(33)42(38)31-23-21-27-11-4-5-12-28(27)25-31/h1-26H. The molecule has 0 radical (unpaired) electrons. The number of rotatable bonds is 3. The van der Waals surface area contributed by atoms with Crippen molar-refractivity contribution in [2.24, 2.45) is 0 Å². The van der Waals surface area contributed by atoms with E-state index in [-0.39, 0.29) is 0 Å². The minimum absolute atomic E-state index is 1.18. The molecule has 0 N–H and O–H groups in total. The molecule has 0 saturated heterocycles. The maximum Gasteiger partial charge on any atom is 0.0547 e. The zero-order valence-corrected chi connectivity index (χ0v) is 22.9. The highest BCUT2D eigenvalue weighted by Gasteiger charge is 2.18. The molecule has 2 heterocycles. The fourth-order valence-electron chi connectivity index (χ4n) is 6.85. The second kappa shape index (κ2) is 8.95. The largest absolute Gasteiger partial charge is 0.309 e. The number of hydrogen-bond donors (Lipinski definition) is 0. The third-order valence-corrected chi connectivity index (χ3v) is 8.69. The summed E-state index contributed by atoms with van der Waals surface area (Å²) >= 11 is 0. The lowest BCUT2D eigenvalue weighted by Gasteiger charge is -2.10. The van der Waals surface area contributed by atoms with Gasteiger partial charge in [-0.2, -0.15) is 0 Å². The predicted molar refractivity (Wildman–Crippen MR) is 178 cm³/mol. The van der Waals surface area contributed by atoms with Crippen LogP contribution in [0.5, 0.6) is 0 Å².